The lowest BCUT2D eigenvalue weighted by molar-refractivity contribution is -0.142. The number of nitrogens with one attached hydrogen (secondary N) is 2. The Balaban J connectivity index is 1.83. The van der Waals surface area contributed by atoms with Crippen LogP contribution in [0.3, 0.4) is 0 Å². The van der Waals surface area contributed by atoms with Gasteiger partial charge in [-0.3, -0.25) is 19.5 Å². The Kier molecular flexibility index (Phi) is 7.72. The zero-order valence-electron chi connectivity index (χ0n) is 17.5. The van der Waals surface area contributed by atoms with Gasteiger partial charge in [-0.15, -0.1) is 0 Å². The van der Waals surface area contributed by atoms with E-state index in [2.05, 4.69) is 10.2 Å². The maximum Gasteiger partial charge on any atom is 0.311 e. The molecule has 0 aliphatic heterocycles. The molecule has 0 aliphatic rings. The number of nitrogens with two attached hydrogens (primary N) is 1. The molecule has 8 nitrogen and oxygen atoms in total. The number of aromatic nitrogens is 2. The van der Waals surface area contributed by atoms with E-state index in [9.17, 15) is 14.4 Å². The lowest BCUT2D eigenvalue weighted by Crippen LogP contribution is -2.21. The van der Waals surface area contributed by atoms with Crippen molar-refractivity contribution in [3.63, 3.8) is 0 Å². The van der Waals surface area contributed by atoms with Gasteiger partial charge in [-0.25, -0.2) is 0 Å². The van der Waals surface area contributed by atoms with Gasteiger partial charge in [0.1, 0.15) is 12.4 Å². The predicted octanol–water partition coefficient (Wildman–Crippen LogP) is 3.05. The lowest BCUT2D eigenvalue weighted by atomic mass is 9.87. The lowest BCUT2D eigenvalue weighted by Gasteiger charge is -2.16. The smallest absolute Gasteiger partial charge is 0.311 e. The summed E-state index contributed by atoms with van der Waals surface area (Å²) in [5.74, 6) is -1.09. The van der Waals surface area contributed by atoms with Gasteiger partial charge in [0.15, 0.2) is 0 Å². The van der Waals surface area contributed by atoms with Crippen molar-refractivity contribution in [3.8, 4) is 5.75 Å². The number of esters is 1. The molecule has 9 heteroatoms. The van der Waals surface area contributed by atoms with E-state index in [1.807, 2.05) is 18.2 Å². The minimum absolute atomic E-state index is 0.101. The van der Waals surface area contributed by atoms with Gasteiger partial charge in [-0.05, 0) is 30.7 Å². The first kappa shape index (κ1) is 23.1. The molecule has 4 N–H and O–H groups in total. The molecule has 3 aromatic rings. The molecule has 0 saturated carbocycles. The van der Waals surface area contributed by atoms with Crippen molar-refractivity contribution < 1.29 is 19.1 Å². The summed E-state index contributed by atoms with van der Waals surface area (Å²) in [5, 5.41) is 5.82. The quantitative estimate of drug-likeness (QED) is 0.403. The van der Waals surface area contributed by atoms with Crippen LogP contribution in [0.25, 0.3) is 0 Å². The standard InChI is InChI=1S/C23H24ClN3O5/c1-2-31-21(29)12-19-22(23(30)27-26-19)17(11-20(25)28)14-7-9-16(10-8-14)32-13-15-5-3-4-6-18(15)24/h3-10,17H,2,11-13H2,1H3,(H2,25,28)(H2,26,27,30)/t17-/m0/s1. The van der Waals surface area contributed by atoms with E-state index in [0.29, 0.717) is 28.6 Å². The van der Waals surface area contributed by atoms with Gasteiger partial charge in [-0.1, -0.05) is 41.9 Å². The van der Waals surface area contributed by atoms with E-state index in [0.717, 1.165) is 5.56 Å². The Labute approximate surface area is 189 Å². The van der Waals surface area contributed by atoms with Crippen molar-refractivity contribution in [1.82, 2.24) is 10.2 Å². The summed E-state index contributed by atoms with van der Waals surface area (Å²) in [6.07, 6.45) is -0.229. The van der Waals surface area contributed by atoms with Gasteiger partial charge in [0.25, 0.3) is 5.56 Å². The summed E-state index contributed by atoms with van der Waals surface area (Å²) in [6, 6.07) is 14.4. The van der Waals surface area contributed by atoms with E-state index in [4.69, 9.17) is 26.8 Å². The number of primary amides is 1. The average Bonchev–Trinajstić information content (AvgIpc) is 3.11. The van der Waals surface area contributed by atoms with Gasteiger partial charge in [0, 0.05) is 28.5 Å². The highest BCUT2D eigenvalue weighted by atomic mass is 35.5. The van der Waals surface area contributed by atoms with Crippen LogP contribution in [0.1, 0.15) is 41.6 Å². The number of carbonyl (C=O) groups is 2. The van der Waals surface area contributed by atoms with E-state index in [-0.39, 0.29) is 25.0 Å². The number of halogens is 1. The van der Waals surface area contributed by atoms with Crippen LogP contribution in [0.15, 0.2) is 53.3 Å². The summed E-state index contributed by atoms with van der Waals surface area (Å²) >= 11 is 6.16. The summed E-state index contributed by atoms with van der Waals surface area (Å²) in [4.78, 5) is 36.2. The van der Waals surface area contributed by atoms with Crippen LogP contribution in [-0.2, 0) is 27.4 Å². The van der Waals surface area contributed by atoms with Crippen molar-refractivity contribution in [2.75, 3.05) is 6.61 Å². The van der Waals surface area contributed by atoms with Gasteiger partial charge >= 0.3 is 5.97 Å². The number of aromatic amines is 2. The Bertz CT molecular complexity index is 1140. The van der Waals surface area contributed by atoms with E-state index in [1.54, 1.807) is 37.3 Å². The fraction of sp³-hybridized carbons (Fsp3) is 0.261. The van der Waals surface area contributed by atoms with Crippen molar-refractivity contribution in [3.05, 3.63) is 86.3 Å². The minimum atomic E-state index is -0.635. The van der Waals surface area contributed by atoms with Gasteiger partial charge in [0.05, 0.1) is 18.7 Å². The van der Waals surface area contributed by atoms with Crippen molar-refractivity contribution in [2.45, 2.75) is 32.3 Å². The molecule has 1 amide bonds. The molecule has 0 spiro atoms. The predicted molar refractivity (Wildman–Crippen MR) is 120 cm³/mol. The molecule has 32 heavy (non-hydrogen) atoms. The normalized spacial score (nSPS) is 11.7. The van der Waals surface area contributed by atoms with Crippen molar-refractivity contribution in [2.24, 2.45) is 5.73 Å². The Morgan fingerprint density at radius 1 is 1.09 bits per heavy atom. The van der Waals surface area contributed by atoms with E-state index in [1.165, 1.54) is 0 Å². The summed E-state index contributed by atoms with van der Waals surface area (Å²) in [5.41, 5.74) is 7.21. The highest BCUT2D eigenvalue weighted by Crippen LogP contribution is 2.29. The molecule has 1 atom stereocenters. The molecule has 3 rings (SSSR count). The number of ether oxygens (including phenoxy) is 2. The van der Waals surface area contributed by atoms with Gasteiger partial charge in [0.2, 0.25) is 5.91 Å². The summed E-state index contributed by atoms with van der Waals surface area (Å²) in [7, 11) is 0. The molecule has 0 fully saturated rings. The number of H-pyrrole nitrogens is 2. The molecular weight excluding hydrogens is 434 g/mol. The second-order valence-electron chi connectivity index (χ2n) is 7.13. The monoisotopic (exact) mass is 457 g/mol. The largest absolute Gasteiger partial charge is 0.489 e. The molecule has 0 saturated heterocycles. The van der Waals surface area contributed by atoms with Crippen LogP contribution in [0.2, 0.25) is 5.02 Å². The van der Waals surface area contributed by atoms with Crippen molar-refractivity contribution in [1.29, 1.82) is 0 Å². The molecule has 0 radical (unpaired) electrons. The first-order chi connectivity index (χ1) is 15.4. The number of carbonyl (C=O) groups excluding carboxylic acids is 2. The Hall–Kier alpha value is -3.52. The highest BCUT2D eigenvalue weighted by molar-refractivity contribution is 6.31. The molecule has 1 aromatic heterocycles. The van der Waals surface area contributed by atoms with Gasteiger partial charge < -0.3 is 20.3 Å². The molecule has 0 aliphatic carbocycles. The van der Waals surface area contributed by atoms with Gasteiger partial charge in [-0.2, -0.15) is 0 Å². The average molecular weight is 458 g/mol. The highest BCUT2D eigenvalue weighted by Gasteiger charge is 2.26. The maximum absolute atomic E-state index is 12.5. The molecular formula is C23H24ClN3O5. The zero-order chi connectivity index (χ0) is 23.1. The van der Waals surface area contributed by atoms with Crippen LogP contribution < -0.4 is 16.0 Å². The second-order valence-corrected chi connectivity index (χ2v) is 7.53. The third-order valence-electron chi connectivity index (χ3n) is 4.91. The van der Waals surface area contributed by atoms with Crippen LogP contribution in [0, 0.1) is 0 Å². The SMILES string of the molecule is CCOC(=O)Cc1[nH][nH]c(=O)c1[C@@H](CC(N)=O)c1ccc(OCc2ccccc2Cl)cc1. The molecule has 2 aromatic carbocycles. The van der Waals surface area contributed by atoms with Crippen LogP contribution in [-0.4, -0.2) is 28.7 Å². The van der Waals surface area contributed by atoms with Crippen LogP contribution in [0.5, 0.6) is 5.75 Å². The van der Waals surface area contributed by atoms with Crippen LogP contribution >= 0.6 is 11.6 Å². The maximum atomic E-state index is 12.5. The summed E-state index contributed by atoms with van der Waals surface area (Å²) in [6.45, 7) is 2.22. The zero-order valence-corrected chi connectivity index (χ0v) is 18.3. The van der Waals surface area contributed by atoms with E-state index < -0.39 is 23.4 Å². The third-order valence-corrected chi connectivity index (χ3v) is 5.28. The first-order valence-electron chi connectivity index (χ1n) is 10.1. The fourth-order valence-electron chi connectivity index (χ4n) is 3.43. The molecule has 0 bridgehead atoms. The number of hydrogen-bond donors (Lipinski definition) is 3. The van der Waals surface area contributed by atoms with Crippen LogP contribution in [0.4, 0.5) is 0 Å². The molecule has 0 unspecified atom stereocenters. The van der Waals surface area contributed by atoms with Crippen molar-refractivity contribution >= 4 is 23.5 Å². The Morgan fingerprint density at radius 3 is 2.47 bits per heavy atom. The Morgan fingerprint density at radius 2 is 1.81 bits per heavy atom. The minimum Gasteiger partial charge on any atom is -0.489 e. The number of rotatable bonds is 10. The fourth-order valence-corrected chi connectivity index (χ4v) is 3.62. The summed E-state index contributed by atoms with van der Waals surface area (Å²) < 4.78 is 10.8. The third kappa shape index (κ3) is 5.79. The van der Waals surface area contributed by atoms with E-state index >= 15 is 0 Å². The first-order valence-corrected chi connectivity index (χ1v) is 10.5. The second kappa shape index (κ2) is 10.7. The number of benzene rings is 2. The molecule has 1 heterocycles. The molecule has 168 valence electrons. The number of amides is 1. The number of hydrogen-bond acceptors (Lipinski definition) is 5. The topological polar surface area (TPSA) is 127 Å².